The quantitative estimate of drug-likeness (QED) is 0.0716. The molecule has 3 aromatic carbocycles. The van der Waals surface area contributed by atoms with E-state index < -0.39 is 25.9 Å². The summed E-state index contributed by atoms with van der Waals surface area (Å²) in [6.07, 6.45) is 12.9. The maximum atomic E-state index is 13.4. The van der Waals surface area contributed by atoms with Gasteiger partial charge in [-0.1, -0.05) is 78.5 Å². The van der Waals surface area contributed by atoms with E-state index in [0.717, 1.165) is 41.7 Å². The summed E-state index contributed by atoms with van der Waals surface area (Å²) in [6, 6.07) is 25.3. The molecule has 0 bridgehead atoms. The molecule has 3 heterocycles. The van der Waals surface area contributed by atoms with Gasteiger partial charge in [0.15, 0.2) is 5.35 Å². The standard InChI is InChI=1S/C38H37N3O8S4/c42-38-32(22-23-37-40(24-9-11-26-53(46,47)48)31-17-5-7-19-35(31)51-37)41(39-27-28-13-2-1-3-14-28)36(49-38)21-12-20-34-30(16-8-10-25-52(43,44)45)29-15-4-6-18-33(29)50-34/h1-7,12-15,17-23,27H,8-11,16,24-26H2,(H,43,44,45)(H,46,47,48)/b20-12+,32-22-,36-21-,37-23-,39-27+. The maximum Gasteiger partial charge on any atom is 0.363 e. The SMILES string of the molecule is O=c1o/c(=C\C=C\c2sc3ccccc3c2CCCCS(=O)(=O)O)n(/N=C/c2ccccc2)/c1=C\C=C1/Sc2ccccc2N1CCCCS(=O)(=O)O. The Bertz CT molecular complexity index is 2590. The molecule has 6 rings (SSSR count). The predicted molar refractivity (Wildman–Crippen MR) is 214 cm³/mol. The number of oxazole rings is 1. The van der Waals surface area contributed by atoms with Crippen LogP contribution in [0.5, 0.6) is 0 Å². The fourth-order valence-electron chi connectivity index (χ4n) is 5.85. The summed E-state index contributed by atoms with van der Waals surface area (Å²) in [4.78, 5) is 17.4. The van der Waals surface area contributed by atoms with E-state index in [2.05, 4.69) is 10.0 Å². The summed E-state index contributed by atoms with van der Waals surface area (Å²) in [5.74, 6) is -0.603. The van der Waals surface area contributed by atoms with Crippen LogP contribution in [0.1, 0.15) is 41.7 Å². The minimum atomic E-state index is -4.05. The Morgan fingerprint density at radius 2 is 1.49 bits per heavy atom. The first-order valence-corrected chi connectivity index (χ1v) is 21.7. The lowest BCUT2D eigenvalue weighted by molar-refractivity contribution is 0.471. The van der Waals surface area contributed by atoms with Crippen LogP contribution in [-0.2, 0) is 26.7 Å². The average Bonchev–Trinajstić information content (AvgIpc) is 3.76. The highest BCUT2D eigenvalue weighted by Crippen LogP contribution is 2.45. The number of nitrogens with zero attached hydrogens (tertiary/aromatic N) is 3. The van der Waals surface area contributed by atoms with Crippen LogP contribution in [-0.4, -0.2) is 54.9 Å². The molecule has 0 fully saturated rings. The van der Waals surface area contributed by atoms with Crippen LogP contribution in [0, 0.1) is 0 Å². The zero-order chi connectivity index (χ0) is 37.4. The van der Waals surface area contributed by atoms with E-state index in [1.165, 1.54) is 16.4 Å². The molecule has 2 N–H and O–H groups in total. The van der Waals surface area contributed by atoms with Crippen LogP contribution >= 0.6 is 23.1 Å². The second-order valence-corrected chi connectivity index (χ2v) is 17.5. The first-order valence-electron chi connectivity index (χ1n) is 16.8. The molecule has 2 aromatic heterocycles. The maximum absolute atomic E-state index is 13.4. The smallest absolute Gasteiger partial charge is 0.363 e. The highest BCUT2D eigenvalue weighted by Gasteiger charge is 2.24. The molecule has 11 nitrogen and oxygen atoms in total. The number of para-hydroxylation sites is 1. The minimum Gasteiger partial charge on any atom is -0.403 e. The molecule has 276 valence electrons. The van der Waals surface area contributed by atoms with Crippen molar-refractivity contribution < 1.29 is 30.4 Å². The van der Waals surface area contributed by atoms with Crippen molar-refractivity contribution >= 4 is 83.6 Å². The van der Waals surface area contributed by atoms with Crippen LogP contribution in [0.3, 0.4) is 0 Å². The Morgan fingerprint density at radius 1 is 0.792 bits per heavy atom. The highest BCUT2D eigenvalue weighted by atomic mass is 32.2. The number of aromatic nitrogens is 1. The summed E-state index contributed by atoms with van der Waals surface area (Å²) in [6.45, 7) is 0.505. The van der Waals surface area contributed by atoms with Crippen LogP contribution in [0.25, 0.3) is 28.3 Å². The topological polar surface area (TPSA) is 159 Å². The van der Waals surface area contributed by atoms with Crippen molar-refractivity contribution in [2.45, 2.75) is 37.0 Å². The second-order valence-electron chi connectivity index (χ2n) is 12.2. The fraction of sp³-hybridized carbons (Fsp3) is 0.211. The molecular weight excluding hydrogens is 755 g/mol. The van der Waals surface area contributed by atoms with Crippen molar-refractivity contribution in [3.63, 3.8) is 0 Å². The zero-order valence-electron chi connectivity index (χ0n) is 28.4. The molecule has 1 aliphatic heterocycles. The number of fused-ring (bicyclic) bond motifs is 2. The lowest BCUT2D eigenvalue weighted by atomic mass is 10.0. The zero-order valence-corrected chi connectivity index (χ0v) is 31.7. The molecule has 0 aliphatic carbocycles. The number of unbranched alkanes of at least 4 members (excludes halogenated alkanes) is 2. The van der Waals surface area contributed by atoms with Crippen molar-refractivity contribution in [3.05, 3.63) is 133 Å². The van der Waals surface area contributed by atoms with E-state index in [-0.39, 0.29) is 22.4 Å². The number of aryl methyl sites for hydroxylation is 1. The van der Waals surface area contributed by atoms with Crippen LogP contribution in [0.15, 0.2) is 115 Å². The highest BCUT2D eigenvalue weighted by molar-refractivity contribution is 8.03. The number of rotatable bonds is 15. The molecule has 0 amide bonds. The molecule has 0 radical (unpaired) electrons. The van der Waals surface area contributed by atoms with E-state index in [9.17, 15) is 26.2 Å². The molecule has 15 heteroatoms. The first kappa shape index (κ1) is 38.2. The lowest BCUT2D eigenvalue weighted by Crippen LogP contribution is -2.29. The van der Waals surface area contributed by atoms with E-state index in [0.29, 0.717) is 38.6 Å². The fourth-order valence-corrected chi connectivity index (χ4v) is 9.24. The van der Waals surface area contributed by atoms with E-state index in [1.807, 2.05) is 91.0 Å². The van der Waals surface area contributed by atoms with Crippen molar-refractivity contribution in [2.75, 3.05) is 23.0 Å². The number of thiophene rings is 1. The molecule has 0 spiro atoms. The van der Waals surface area contributed by atoms with Gasteiger partial charge in [0.2, 0.25) is 5.55 Å². The van der Waals surface area contributed by atoms with E-state index in [4.69, 9.17) is 8.97 Å². The Balaban J connectivity index is 1.35. The summed E-state index contributed by atoms with van der Waals surface area (Å²) in [5.41, 5.74) is 2.47. The molecule has 1 aliphatic rings. The third-order valence-electron chi connectivity index (χ3n) is 8.31. The Morgan fingerprint density at radius 3 is 2.26 bits per heavy atom. The molecule has 5 aromatic rings. The summed E-state index contributed by atoms with van der Waals surface area (Å²) < 4.78 is 71.6. The normalized spacial score (nSPS) is 15.2. The molecule has 0 atom stereocenters. The molecular formula is C38H37N3O8S4. The number of hydrogen-bond acceptors (Lipinski definition) is 10. The Hall–Kier alpha value is -4.51. The van der Waals surface area contributed by atoms with Crippen LogP contribution < -0.4 is 21.4 Å². The van der Waals surface area contributed by atoms with Gasteiger partial charge >= 0.3 is 5.63 Å². The number of hydrogen-bond donors (Lipinski definition) is 2. The van der Waals surface area contributed by atoms with Crippen LogP contribution in [0.2, 0.25) is 0 Å². The van der Waals surface area contributed by atoms with E-state index in [1.54, 1.807) is 35.8 Å². The molecule has 0 saturated heterocycles. The number of allylic oxidation sites excluding steroid dienone is 2. The molecule has 53 heavy (non-hydrogen) atoms. The first-order chi connectivity index (χ1) is 25.4. The predicted octanol–water partition coefficient (Wildman–Crippen LogP) is 6.14. The van der Waals surface area contributed by atoms with Gasteiger partial charge in [0, 0.05) is 27.1 Å². The minimum absolute atomic E-state index is 0.189. The van der Waals surface area contributed by atoms with Gasteiger partial charge in [0.05, 0.1) is 28.4 Å². The summed E-state index contributed by atoms with van der Waals surface area (Å²) >= 11 is 3.13. The number of benzene rings is 3. The van der Waals surface area contributed by atoms with Crippen molar-refractivity contribution in [1.82, 2.24) is 4.68 Å². The van der Waals surface area contributed by atoms with Gasteiger partial charge < -0.3 is 9.32 Å². The number of anilines is 1. The second kappa shape index (κ2) is 17.1. The Labute approximate surface area is 315 Å². The molecule has 0 saturated carbocycles. The van der Waals surface area contributed by atoms with Gasteiger partial charge in [0.1, 0.15) is 0 Å². The van der Waals surface area contributed by atoms with Crippen molar-refractivity contribution in [2.24, 2.45) is 5.10 Å². The van der Waals surface area contributed by atoms with Crippen molar-refractivity contribution in [1.29, 1.82) is 0 Å². The third-order valence-corrected chi connectivity index (χ3v) is 12.2. The molecule has 0 unspecified atom stereocenters. The van der Waals surface area contributed by atoms with Gasteiger partial charge in [-0.3, -0.25) is 9.11 Å². The van der Waals surface area contributed by atoms with E-state index >= 15 is 0 Å². The van der Waals surface area contributed by atoms with Gasteiger partial charge in [-0.25, -0.2) is 4.79 Å². The van der Waals surface area contributed by atoms with Gasteiger partial charge in [-0.05, 0) is 85.0 Å². The Kier molecular flexibility index (Phi) is 12.3. The van der Waals surface area contributed by atoms with Gasteiger partial charge in [0.25, 0.3) is 20.2 Å². The number of thioether (sulfide) groups is 1. The lowest BCUT2D eigenvalue weighted by Gasteiger charge is -2.20. The summed E-state index contributed by atoms with van der Waals surface area (Å²) in [5, 5.41) is 6.73. The average molecular weight is 792 g/mol. The largest absolute Gasteiger partial charge is 0.403 e. The van der Waals surface area contributed by atoms with Crippen LogP contribution in [0.4, 0.5) is 5.69 Å². The van der Waals surface area contributed by atoms with Crippen molar-refractivity contribution in [3.8, 4) is 0 Å². The van der Waals surface area contributed by atoms with Gasteiger partial charge in [-0.15, -0.1) is 11.3 Å². The summed E-state index contributed by atoms with van der Waals surface area (Å²) in [7, 11) is -8.08. The monoisotopic (exact) mass is 791 g/mol. The third kappa shape index (κ3) is 10.3. The van der Waals surface area contributed by atoms with Gasteiger partial charge in [-0.2, -0.15) is 26.6 Å².